The van der Waals surface area contributed by atoms with Gasteiger partial charge in [-0.1, -0.05) is 12.7 Å². The third-order valence-corrected chi connectivity index (χ3v) is 1.33. The van der Waals surface area contributed by atoms with E-state index in [0.717, 1.165) is 18.0 Å². The molecule has 0 aromatic heterocycles. The van der Waals surface area contributed by atoms with Gasteiger partial charge in [0.1, 0.15) is 5.76 Å². The first-order chi connectivity index (χ1) is 5.74. The third kappa shape index (κ3) is 4.61. The molecule has 0 saturated carbocycles. The number of rotatable bonds is 5. The van der Waals surface area contributed by atoms with Crippen LogP contribution in [0.1, 0.15) is 13.8 Å². The Morgan fingerprint density at radius 1 is 1.58 bits per heavy atom. The molecule has 0 aromatic carbocycles. The SMILES string of the molecule is C=C/C=C(\C=C(/C)NCC)OC. The van der Waals surface area contributed by atoms with Crippen molar-refractivity contribution < 1.29 is 4.74 Å². The zero-order valence-electron chi connectivity index (χ0n) is 8.05. The zero-order chi connectivity index (χ0) is 9.40. The van der Waals surface area contributed by atoms with E-state index >= 15 is 0 Å². The number of hydrogen-bond donors (Lipinski definition) is 1. The van der Waals surface area contributed by atoms with Crippen LogP contribution < -0.4 is 5.32 Å². The molecule has 0 heterocycles. The van der Waals surface area contributed by atoms with E-state index in [1.807, 2.05) is 19.1 Å². The van der Waals surface area contributed by atoms with Gasteiger partial charge in [-0.15, -0.1) is 0 Å². The Labute approximate surface area is 74.6 Å². The van der Waals surface area contributed by atoms with E-state index in [0.29, 0.717) is 0 Å². The van der Waals surface area contributed by atoms with Crippen molar-refractivity contribution in [2.24, 2.45) is 0 Å². The first-order valence-corrected chi connectivity index (χ1v) is 4.03. The minimum Gasteiger partial charge on any atom is -0.497 e. The summed E-state index contributed by atoms with van der Waals surface area (Å²) in [5, 5.41) is 3.17. The first kappa shape index (κ1) is 10.8. The van der Waals surface area contributed by atoms with Gasteiger partial charge in [-0.05, 0) is 26.0 Å². The fourth-order valence-electron chi connectivity index (χ4n) is 0.834. The lowest BCUT2D eigenvalue weighted by Crippen LogP contribution is -2.09. The molecule has 0 rings (SSSR count). The maximum atomic E-state index is 5.08. The van der Waals surface area contributed by atoms with Crippen LogP contribution in [0, 0.1) is 0 Å². The summed E-state index contributed by atoms with van der Waals surface area (Å²) in [6.07, 6.45) is 5.46. The van der Waals surface area contributed by atoms with Gasteiger partial charge < -0.3 is 10.1 Å². The molecular formula is C10H17NO. The molecule has 2 nitrogen and oxygen atoms in total. The highest BCUT2D eigenvalue weighted by atomic mass is 16.5. The monoisotopic (exact) mass is 167 g/mol. The molecule has 0 aliphatic rings. The summed E-state index contributed by atoms with van der Waals surface area (Å²) in [5.41, 5.74) is 1.09. The van der Waals surface area contributed by atoms with Gasteiger partial charge in [-0.3, -0.25) is 0 Å². The van der Waals surface area contributed by atoms with Gasteiger partial charge in [-0.2, -0.15) is 0 Å². The maximum absolute atomic E-state index is 5.08. The quantitative estimate of drug-likeness (QED) is 0.500. The molecule has 0 bridgehead atoms. The van der Waals surface area contributed by atoms with E-state index in [4.69, 9.17) is 4.74 Å². The molecule has 12 heavy (non-hydrogen) atoms. The van der Waals surface area contributed by atoms with Crippen LogP contribution in [-0.4, -0.2) is 13.7 Å². The van der Waals surface area contributed by atoms with Gasteiger partial charge >= 0.3 is 0 Å². The molecule has 68 valence electrons. The normalized spacial score (nSPS) is 12.6. The smallest absolute Gasteiger partial charge is 0.120 e. The van der Waals surface area contributed by atoms with E-state index in [-0.39, 0.29) is 0 Å². The van der Waals surface area contributed by atoms with E-state index < -0.39 is 0 Å². The number of ether oxygens (including phenoxy) is 1. The second kappa shape index (κ2) is 6.53. The van der Waals surface area contributed by atoms with Crippen LogP contribution in [0.25, 0.3) is 0 Å². The third-order valence-electron chi connectivity index (χ3n) is 1.33. The molecule has 0 aliphatic heterocycles. The Hall–Kier alpha value is -1.18. The van der Waals surface area contributed by atoms with Gasteiger partial charge in [0.15, 0.2) is 0 Å². The second-order valence-corrected chi connectivity index (χ2v) is 2.37. The van der Waals surface area contributed by atoms with E-state index in [1.165, 1.54) is 0 Å². The summed E-state index contributed by atoms with van der Waals surface area (Å²) in [5.74, 6) is 0.809. The largest absolute Gasteiger partial charge is 0.497 e. The summed E-state index contributed by atoms with van der Waals surface area (Å²) in [6.45, 7) is 8.58. The molecule has 0 atom stereocenters. The highest BCUT2D eigenvalue weighted by molar-refractivity contribution is 5.20. The molecule has 0 saturated heterocycles. The van der Waals surface area contributed by atoms with Crippen LogP contribution in [0.3, 0.4) is 0 Å². The average Bonchev–Trinajstić information content (AvgIpc) is 2.04. The minimum absolute atomic E-state index is 0.809. The van der Waals surface area contributed by atoms with E-state index in [1.54, 1.807) is 13.2 Å². The summed E-state index contributed by atoms with van der Waals surface area (Å²) in [6, 6.07) is 0. The lowest BCUT2D eigenvalue weighted by molar-refractivity contribution is 0.306. The maximum Gasteiger partial charge on any atom is 0.120 e. The number of allylic oxidation sites excluding steroid dienone is 4. The van der Waals surface area contributed by atoms with Crippen molar-refractivity contribution in [3.63, 3.8) is 0 Å². The van der Waals surface area contributed by atoms with Crippen LogP contribution in [-0.2, 0) is 4.74 Å². The molecule has 0 aliphatic carbocycles. The fourth-order valence-corrected chi connectivity index (χ4v) is 0.834. The van der Waals surface area contributed by atoms with Gasteiger partial charge in [0.05, 0.1) is 7.11 Å². The zero-order valence-corrected chi connectivity index (χ0v) is 8.05. The van der Waals surface area contributed by atoms with Crippen LogP contribution in [0.2, 0.25) is 0 Å². The first-order valence-electron chi connectivity index (χ1n) is 4.03. The highest BCUT2D eigenvalue weighted by Gasteiger charge is 1.90. The number of hydrogen-bond acceptors (Lipinski definition) is 2. The van der Waals surface area contributed by atoms with Crippen molar-refractivity contribution in [2.45, 2.75) is 13.8 Å². The van der Waals surface area contributed by atoms with E-state index in [9.17, 15) is 0 Å². The molecule has 0 unspecified atom stereocenters. The van der Waals surface area contributed by atoms with Gasteiger partial charge in [-0.25, -0.2) is 0 Å². The summed E-state index contributed by atoms with van der Waals surface area (Å²) in [7, 11) is 1.64. The van der Waals surface area contributed by atoms with Crippen LogP contribution in [0.5, 0.6) is 0 Å². The standard InChI is InChI=1S/C10H17NO/c1-5-7-10(12-4)8-9(3)11-6-2/h5,7-8,11H,1,6H2,2-4H3/b9-8+,10-7+. The van der Waals surface area contributed by atoms with Crippen molar-refractivity contribution in [2.75, 3.05) is 13.7 Å². The molecule has 0 aromatic rings. The Balaban J connectivity index is 4.24. The van der Waals surface area contributed by atoms with Crippen LogP contribution in [0.4, 0.5) is 0 Å². The predicted octanol–water partition coefficient (Wildman–Crippen LogP) is 2.22. The van der Waals surface area contributed by atoms with Crippen molar-refractivity contribution >= 4 is 0 Å². The number of methoxy groups -OCH3 is 1. The summed E-state index contributed by atoms with van der Waals surface area (Å²) >= 11 is 0. The predicted molar refractivity (Wildman–Crippen MR) is 52.7 cm³/mol. The Kier molecular flexibility index (Phi) is 5.88. The molecule has 2 heteroatoms. The molecule has 0 amide bonds. The molecule has 1 N–H and O–H groups in total. The van der Waals surface area contributed by atoms with Gasteiger partial charge in [0.2, 0.25) is 0 Å². The minimum atomic E-state index is 0.809. The number of nitrogens with one attached hydrogen (secondary N) is 1. The van der Waals surface area contributed by atoms with Gasteiger partial charge in [0, 0.05) is 12.2 Å². The van der Waals surface area contributed by atoms with Crippen molar-refractivity contribution in [3.8, 4) is 0 Å². The Morgan fingerprint density at radius 2 is 2.25 bits per heavy atom. The highest BCUT2D eigenvalue weighted by Crippen LogP contribution is 2.00. The van der Waals surface area contributed by atoms with Crippen molar-refractivity contribution in [1.29, 1.82) is 0 Å². The molecular weight excluding hydrogens is 150 g/mol. The van der Waals surface area contributed by atoms with Crippen molar-refractivity contribution in [3.05, 3.63) is 36.3 Å². The molecule has 0 radical (unpaired) electrons. The topological polar surface area (TPSA) is 21.3 Å². The van der Waals surface area contributed by atoms with Crippen molar-refractivity contribution in [1.82, 2.24) is 5.32 Å². The Bertz CT molecular complexity index is 192. The lowest BCUT2D eigenvalue weighted by Gasteiger charge is -2.04. The fraction of sp³-hybridized carbons (Fsp3) is 0.400. The Morgan fingerprint density at radius 3 is 2.67 bits per heavy atom. The summed E-state index contributed by atoms with van der Waals surface area (Å²) < 4.78 is 5.08. The summed E-state index contributed by atoms with van der Waals surface area (Å²) in [4.78, 5) is 0. The molecule has 0 spiro atoms. The second-order valence-electron chi connectivity index (χ2n) is 2.37. The molecule has 0 fully saturated rings. The van der Waals surface area contributed by atoms with Crippen LogP contribution >= 0.6 is 0 Å². The van der Waals surface area contributed by atoms with Gasteiger partial charge in [0.25, 0.3) is 0 Å². The van der Waals surface area contributed by atoms with E-state index in [2.05, 4.69) is 18.8 Å². The average molecular weight is 167 g/mol. The lowest BCUT2D eigenvalue weighted by atomic mass is 10.3. The van der Waals surface area contributed by atoms with Crippen LogP contribution in [0.15, 0.2) is 36.3 Å².